The van der Waals surface area contributed by atoms with Crippen molar-refractivity contribution in [2.75, 3.05) is 23.3 Å². The molecule has 0 saturated carbocycles. The third-order valence-corrected chi connectivity index (χ3v) is 5.48. The van der Waals surface area contributed by atoms with Gasteiger partial charge in [-0.25, -0.2) is 4.79 Å². The fourth-order valence-corrected chi connectivity index (χ4v) is 3.56. The second kappa shape index (κ2) is 10.7. The Balaban J connectivity index is 1.73. The number of nitrogens with one attached hydrogen (secondary N) is 3. The van der Waals surface area contributed by atoms with Crippen LogP contribution in [0.25, 0.3) is 0 Å². The van der Waals surface area contributed by atoms with Crippen LogP contribution in [0, 0.1) is 0 Å². The molecule has 1 aliphatic rings. The average Bonchev–Trinajstić information content (AvgIpc) is 2.78. The minimum atomic E-state index is -0.294. The molecule has 160 valence electrons. The number of amides is 3. The van der Waals surface area contributed by atoms with Gasteiger partial charge < -0.3 is 20.9 Å². The molecule has 0 aliphatic carbocycles. The smallest absolute Gasteiger partial charge is 0.319 e. The monoisotopic (exact) mass is 408 g/mol. The van der Waals surface area contributed by atoms with E-state index in [0.717, 1.165) is 43.6 Å². The first-order valence-electron chi connectivity index (χ1n) is 10.9. The fourth-order valence-electron chi connectivity index (χ4n) is 3.56. The number of piperidine rings is 1. The number of hydrogen-bond donors (Lipinski definition) is 3. The maximum atomic E-state index is 13.0. The van der Waals surface area contributed by atoms with Gasteiger partial charge in [0, 0.05) is 37.1 Å². The van der Waals surface area contributed by atoms with Crippen molar-refractivity contribution in [2.45, 2.75) is 52.1 Å². The highest BCUT2D eigenvalue weighted by Gasteiger charge is 2.20. The van der Waals surface area contributed by atoms with Crippen LogP contribution in [0.1, 0.15) is 55.5 Å². The molecule has 3 amide bonds. The summed E-state index contributed by atoms with van der Waals surface area (Å²) in [6.07, 6.45) is 4.36. The molecule has 0 unspecified atom stereocenters. The highest BCUT2D eigenvalue weighted by Crippen LogP contribution is 2.27. The molecule has 1 heterocycles. The molecule has 30 heavy (non-hydrogen) atoms. The Morgan fingerprint density at radius 2 is 1.77 bits per heavy atom. The van der Waals surface area contributed by atoms with E-state index in [2.05, 4.69) is 20.9 Å². The number of nitrogens with zero attached hydrogens (tertiary/aromatic N) is 1. The van der Waals surface area contributed by atoms with Gasteiger partial charge >= 0.3 is 6.03 Å². The first kappa shape index (κ1) is 21.7. The Morgan fingerprint density at radius 3 is 2.47 bits per heavy atom. The summed E-state index contributed by atoms with van der Waals surface area (Å²) in [7, 11) is 0. The van der Waals surface area contributed by atoms with E-state index < -0.39 is 0 Å². The summed E-state index contributed by atoms with van der Waals surface area (Å²) in [5.74, 6) is -0.0988. The summed E-state index contributed by atoms with van der Waals surface area (Å²) in [6, 6.07) is 15.2. The fraction of sp³-hybridized carbons (Fsp3) is 0.417. The van der Waals surface area contributed by atoms with Crippen molar-refractivity contribution in [3.63, 3.8) is 0 Å². The Labute approximate surface area is 179 Å². The van der Waals surface area contributed by atoms with E-state index in [1.807, 2.05) is 56.3 Å². The molecule has 3 rings (SSSR count). The summed E-state index contributed by atoms with van der Waals surface area (Å²) in [6.45, 7) is 6.39. The quantitative estimate of drug-likeness (QED) is 0.630. The van der Waals surface area contributed by atoms with Crippen LogP contribution in [-0.2, 0) is 6.54 Å². The lowest BCUT2D eigenvalue weighted by Gasteiger charge is -2.31. The zero-order valence-corrected chi connectivity index (χ0v) is 17.9. The number of benzene rings is 2. The van der Waals surface area contributed by atoms with Crippen LogP contribution in [0.2, 0.25) is 0 Å². The summed E-state index contributed by atoms with van der Waals surface area (Å²) in [5.41, 5.74) is 3.18. The van der Waals surface area contributed by atoms with Crippen LogP contribution in [0.5, 0.6) is 0 Å². The first-order valence-corrected chi connectivity index (χ1v) is 10.9. The number of anilines is 2. The Hall–Kier alpha value is -3.02. The van der Waals surface area contributed by atoms with Crippen molar-refractivity contribution in [3.8, 4) is 0 Å². The Bertz CT molecular complexity index is 848. The van der Waals surface area contributed by atoms with Gasteiger partial charge in [-0.15, -0.1) is 0 Å². The molecule has 0 aromatic heterocycles. The molecule has 1 saturated heterocycles. The number of carbonyl (C=O) groups excluding carboxylic acids is 2. The largest absolute Gasteiger partial charge is 0.371 e. The number of carbonyl (C=O) groups is 2. The van der Waals surface area contributed by atoms with Crippen LogP contribution < -0.4 is 20.9 Å². The summed E-state index contributed by atoms with van der Waals surface area (Å²) in [5, 5.41) is 8.77. The van der Waals surface area contributed by atoms with Crippen molar-refractivity contribution >= 4 is 23.3 Å². The van der Waals surface area contributed by atoms with Gasteiger partial charge in [0.1, 0.15) is 0 Å². The topological polar surface area (TPSA) is 73.5 Å². The second-order valence-electron chi connectivity index (χ2n) is 7.86. The maximum absolute atomic E-state index is 13.0. The van der Waals surface area contributed by atoms with Crippen molar-refractivity contribution in [1.82, 2.24) is 10.6 Å². The predicted octanol–water partition coefficient (Wildman–Crippen LogP) is 4.53. The molecule has 0 bridgehead atoms. The second-order valence-corrected chi connectivity index (χ2v) is 7.86. The van der Waals surface area contributed by atoms with Gasteiger partial charge in [-0.1, -0.05) is 37.3 Å². The predicted molar refractivity (Wildman–Crippen MR) is 122 cm³/mol. The summed E-state index contributed by atoms with van der Waals surface area (Å²) < 4.78 is 0. The van der Waals surface area contributed by atoms with Crippen molar-refractivity contribution < 1.29 is 9.59 Å². The Kier molecular flexibility index (Phi) is 7.71. The van der Waals surface area contributed by atoms with Gasteiger partial charge in [0.15, 0.2) is 0 Å². The lowest BCUT2D eigenvalue weighted by Crippen LogP contribution is -2.35. The summed E-state index contributed by atoms with van der Waals surface area (Å²) in [4.78, 5) is 27.6. The molecule has 1 fully saturated rings. The highest BCUT2D eigenvalue weighted by atomic mass is 16.2. The van der Waals surface area contributed by atoms with Crippen LogP contribution >= 0.6 is 0 Å². The van der Waals surface area contributed by atoms with Crippen LogP contribution in [0.3, 0.4) is 0 Å². The van der Waals surface area contributed by atoms with Crippen LogP contribution in [0.4, 0.5) is 16.2 Å². The van der Waals surface area contributed by atoms with Crippen LogP contribution in [-0.4, -0.2) is 31.1 Å². The minimum Gasteiger partial charge on any atom is -0.371 e. The SMILES string of the molecule is CC[C@@H](C)NC(=O)c1cc(NC(=O)NCc2ccccc2)ccc1N1CCCCC1. The molecule has 0 spiro atoms. The third-order valence-electron chi connectivity index (χ3n) is 5.48. The maximum Gasteiger partial charge on any atom is 0.319 e. The number of hydrogen-bond acceptors (Lipinski definition) is 3. The standard InChI is InChI=1S/C24H32N4O2/c1-3-18(2)26-23(29)21-16-20(12-13-22(21)28-14-8-5-9-15-28)27-24(30)25-17-19-10-6-4-7-11-19/h4,6-7,10-13,16,18H,3,5,8-9,14-15,17H2,1-2H3,(H,26,29)(H2,25,27,30)/t18-/m1/s1. The third kappa shape index (κ3) is 5.99. The van der Waals surface area contributed by atoms with E-state index in [4.69, 9.17) is 0 Å². The van der Waals surface area contributed by atoms with Crippen molar-refractivity contribution in [1.29, 1.82) is 0 Å². The van der Waals surface area contributed by atoms with Gasteiger partial charge in [-0.3, -0.25) is 4.79 Å². The van der Waals surface area contributed by atoms with E-state index in [1.165, 1.54) is 6.42 Å². The van der Waals surface area contributed by atoms with Gasteiger partial charge in [-0.05, 0) is 56.4 Å². The highest BCUT2D eigenvalue weighted by molar-refractivity contribution is 6.02. The normalized spacial score (nSPS) is 14.7. The zero-order chi connectivity index (χ0) is 21.3. The van der Waals surface area contributed by atoms with Crippen molar-refractivity contribution in [3.05, 3.63) is 59.7 Å². The number of rotatable bonds is 7. The molecule has 0 radical (unpaired) electrons. The van der Waals surface area contributed by atoms with Gasteiger partial charge in [0.05, 0.1) is 5.56 Å². The minimum absolute atomic E-state index is 0.0949. The molecule has 6 heteroatoms. The van der Waals surface area contributed by atoms with Gasteiger partial charge in [0.25, 0.3) is 5.91 Å². The van der Waals surface area contributed by atoms with Crippen LogP contribution in [0.15, 0.2) is 48.5 Å². The average molecular weight is 409 g/mol. The molecule has 1 aliphatic heterocycles. The summed E-state index contributed by atoms with van der Waals surface area (Å²) >= 11 is 0. The van der Waals surface area contributed by atoms with E-state index in [-0.39, 0.29) is 18.0 Å². The molecular weight excluding hydrogens is 376 g/mol. The van der Waals surface area contributed by atoms with Gasteiger partial charge in [0.2, 0.25) is 0 Å². The van der Waals surface area contributed by atoms with Crippen molar-refractivity contribution in [2.24, 2.45) is 0 Å². The molecule has 2 aromatic carbocycles. The molecule has 2 aromatic rings. The van der Waals surface area contributed by atoms with E-state index in [9.17, 15) is 9.59 Å². The molecular formula is C24H32N4O2. The zero-order valence-electron chi connectivity index (χ0n) is 17.9. The van der Waals surface area contributed by atoms with E-state index in [0.29, 0.717) is 17.8 Å². The first-order chi connectivity index (χ1) is 14.6. The van der Waals surface area contributed by atoms with E-state index >= 15 is 0 Å². The van der Waals surface area contributed by atoms with E-state index in [1.54, 1.807) is 6.07 Å². The molecule has 3 N–H and O–H groups in total. The van der Waals surface area contributed by atoms with Gasteiger partial charge in [-0.2, -0.15) is 0 Å². The molecule has 1 atom stereocenters. The molecule has 6 nitrogen and oxygen atoms in total. The lowest BCUT2D eigenvalue weighted by molar-refractivity contribution is 0.0939. The lowest BCUT2D eigenvalue weighted by atomic mass is 10.1. The Morgan fingerprint density at radius 1 is 1.03 bits per heavy atom. The number of urea groups is 1.